The highest BCUT2D eigenvalue weighted by Crippen LogP contribution is 2.16. The predicted octanol–water partition coefficient (Wildman–Crippen LogP) is 3.53. The number of ether oxygens (including phenoxy) is 1. The number of methoxy groups -OCH3 is 1. The quantitative estimate of drug-likeness (QED) is 0.771. The van der Waals surface area contributed by atoms with Crippen molar-refractivity contribution in [3.05, 3.63) is 58.9 Å². The molecule has 0 saturated heterocycles. The molecule has 0 fully saturated rings. The molecule has 3 heteroatoms. The maximum absolute atomic E-state index is 6.01. The van der Waals surface area contributed by atoms with Gasteiger partial charge in [0.05, 0.1) is 7.11 Å². The van der Waals surface area contributed by atoms with Crippen LogP contribution in [-0.4, -0.2) is 12.1 Å². The Morgan fingerprint density at radius 3 is 2.53 bits per heavy atom. The SMILES string of the molecule is COc1ccc(CCc2cccnc2Cl)cc1. The summed E-state index contributed by atoms with van der Waals surface area (Å²) >= 11 is 6.01. The van der Waals surface area contributed by atoms with Crippen LogP contribution in [0.25, 0.3) is 0 Å². The second-order valence-electron chi connectivity index (χ2n) is 3.80. The summed E-state index contributed by atoms with van der Waals surface area (Å²) in [5.41, 5.74) is 2.36. The van der Waals surface area contributed by atoms with Crippen LogP contribution in [0.3, 0.4) is 0 Å². The van der Waals surface area contributed by atoms with Crippen LogP contribution in [0.5, 0.6) is 5.75 Å². The van der Waals surface area contributed by atoms with Crippen molar-refractivity contribution in [1.82, 2.24) is 4.98 Å². The average Bonchev–Trinajstić information content (AvgIpc) is 2.38. The number of hydrogen-bond donors (Lipinski definition) is 0. The average molecular weight is 248 g/mol. The highest BCUT2D eigenvalue weighted by atomic mass is 35.5. The van der Waals surface area contributed by atoms with Crippen LogP contribution in [0.15, 0.2) is 42.6 Å². The second kappa shape index (κ2) is 5.69. The molecule has 0 amide bonds. The van der Waals surface area contributed by atoms with Gasteiger partial charge in [0.1, 0.15) is 10.9 Å². The van der Waals surface area contributed by atoms with Gasteiger partial charge in [-0.3, -0.25) is 0 Å². The molecule has 17 heavy (non-hydrogen) atoms. The Labute approximate surface area is 106 Å². The Kier molecular flexibility index (Phi) is 3.99. The van der Waals surface area contributed by atoms with Gasteiger partial charge in [0.2, 0.25) is 0 Å². The number of halogens is 1. The first-order valence-electron chi connectivity index (χ1n) is 5.52. The van der Waals surface area contributed by atoms with E-state index in [9.17, 15) is 0 Å². The number of pyridine rings is 1. The minimum atomic E-state index is 0.598. The zero-order valence-corrected chi connectivity index (χ0v) is 10.4. The molecular formula is C14H14ClNO. The monoisotopic (exact) mass is 247 g/mol. The lowest BCUT2D eigenvalue weighted by Gasteiger charge is -2.04. The van der Waals surface area contributed by atoms with E-state index in [2.05, 4.69) is 17.1 Å². The molecule has 2 aromatic rings. The molecule has 2 rings (SSSR count). The lowest BCUT2D eigenvalue weighted by atomic mass is 10.1. The largest absolute Gasteiger partial charge is 0.497 e. The fourth-order valence-electron chi connectivity index (χ4n) is 1.68. The van der Waals surface area contributed by atoms with Crippen LogP contribution in [-0.2, 0) is 12.8 Å². The van der Waals surface area contributed by atoms with Crippen molar-refractivity contribution in [2.45, 2.75) is 12.8 Å². The van der Waals surface area contributed by atoms with Crippen LogP contribution in [0, 0.1) is 0 Å². The molecule has 2 nitrogen and oxygen atoms in total. The van der Waals surface area contributed by atoms with E-state index in [1.54, 1.807) is 13.3 Å². The van der Waals surface area contributed by atoms with Crippen molar-refractivity contribution in [2.75, 3.05) is 7.11 Å². The van der Waals surface area contributed by atoms with E-state index in [-0.39, 0.29) is 0 Å². The van der Waals surface area contributed by atoms with Crippen molar-refractivity contribution in [3.8, 4) is 5.75 Å². The number of hydrogen-bond acceptors (Lipinski definition) is 2. The molecule has 1 heterocycles. The molecular weight excluding hydrogens is 234 g/mol. The highest BCUT2D eigenvalue weighted by molar-refractivity contribution is 6.30. The number of aromatic nitrogens is 1. The molecule has 0 spiro atoms. The van der Waals surface area contributed by atoms with E-state index in [1.165, 1.54) is 5.56 Å². The summed E-state index contributed by atoms with van der Waals surface area (Å²) in [4.78, 5) is 4.06. The van der Waals surface area contributed by atoms with Crippen molar-refractivity contribution in [1.29, 1.82) is 0 Å². The highest BCUT2D eigenvalue weighted by Gasteiger charge is 2.01. The smallest absolute Gasteiger partial charge is 0.132 e. The third-order valence-electron chi connectivity index (χ3n) is 2.68. The van der Waals surface area contributed by atoms with Gasteiger partial charge in [-0.1, -0.05) is 29.8 Å². The van der Waals surface area contributed by atoms with Gasteiger partial charge in [-0.2, -0.15) is 0 Å². The summed E-state index contributed by atoms with van der Waals surface area (Å²) in [5.74, 6) is 0.883. The Morgan fingerprint density at radius 2 is 1.88 bits per heavy atom. The molecule has 0 unspecified atom stereocenters. The van der Waals surface area contributed by atoms with Gasteiger partial charge < -0.3 is 4.74 Å². The van der Waals surface area contributed by atoms with E-state index in [4.69, 9.17) is 16.3 Å². The minimum absolute atomic E-state index is 0.598. The molecule has 0 N–H and O–H groups in total. The summed E-state index contributed by atoms with van der Waals surface area (Å²) in [6.45, 7) is 0. The van der Waals surface area contributed by atoms with Gasteiger partial charge >= 0.3 is 0 Å². The topological polar surface area (TPSA) is 22.1 Å². The minimum Gasteiger partial charge on any atom is -0.497 e. The fourth-order valence-corrected chi connectivity index (χ4v) is 1.89. The van der Waals surface area contributed by atoms with E-state index < -0.39 is 0 Å². The van der Waals surface area contributed by atoms with Crippen LogP contribution >= 0.6 is 11.6 Å². The molecule has 1 aromatic carbocycles. The standard InChI is InChI=1S/C14H14ClNO/c1-17-13-8-5-11(6-9-13)4-7-12-3-2-10-16-14(12)15/h2-3,5-6,8-10H,4,7H2,1H3. The van der Waals surface area contributed by atoms with Crippen LogP contribution in [0.1, 0.15) is 11.1 Å². The molecule has 0 aliphatic carbocycles. The van der Waals surface area contributed by atoms with Gasteiger partial charge in [0, 0.05) is 6.20 Å². The van der Waals surface area contributed by atoms with Crippen molar-refractivity contribution in [3.63, 3.8) is 0 Å². The van der Waals surface area contributed by atoms with Crippen molar-refractivity contribution in [2.24, 2.45) is 0 Å². The summed E-state index contributed by atoms with van der Waals surface area (Å²) in [7, 11) is 1.67. The van der Waals surface area contributed by atoms with E-state index in [1.807, 2.05) is 24.3 Å². The first kappa shape index (κ1) is 11.9. The van der Waals surface area contributed by atoms with Crippen molar-refractivity contribution >= 4 is 11.6 Å². The van der Waals surface area contributed by atoms with Gasteiger partial charge in [-0.15, -0.1) is 0 Å². The third kappa shape index (κ3) is 3.21. The molecule has 0 radical (unpaired) electrons. The molecule has 0 aliphatic rings. The Morgan fingerprint density at radius 1 is 1.12 bits per heavy atom. The third-order valence-corrected chi connectivity index (χ3v) is 3.02. The lowest BCUT2D eigenvalue weighted by Crippen LogP contribution is -1.93. The Bertz CT molecular complexity index is 482. The summed E-state index contributed by atoms with van der Waals surface area (Å²) in [6.07, 6.45) is 3.56. The van der Waals surface area contributed by atoms with Crippen LogP contribution in [0.2, 0.25) is 5.15 Å². The van der Waals surface area contributed by atoms with E-state index >= 15 is 0 Å². The van der Waals surface area contributed by atoms with Gasteiger partial charge in [0.15, 0.2) is 0 Å². The van der Waals surface area contributed by atoms with Crippen molar-refractivity contribution < 1.29 is 4.74 Å². The van der Waals surface area contributed by atoms with E-state index in [0.717, 1.165) is 24.2 Å². The summed E-state index contributed by atoms with van der Waals surface area (Å²) in [6, 6.07) is 12.0. The number of benzene rings is 1. The van der Waals surface area contributed by atoms with Crippen LogP contribution in [0.4, 0.5) is 0 Å². The normalized spacial score (nSPS) is 10.2. The number of nitrogens with zero attached hydrogens (tertiary/aromatic N) is 1. The van der Waals surface area contributed by atoms with Gasteiger partial charge in [-0.25, -0.2) is 4.98 Å². The molecule has 0 bridgehead atoms. The second-order valence-corrected chi connectivity index (χ2v) is 4.16. The molecule has 88 valence electrons. The molecule has 0 atom stereocenters. The molecule has 0 saturated carbocycles. The molecule has 1 aromatic heterocycles. The first-order chi connectivity index (χ1) is 8.29. The maximum Gasteiger partial charge on any atom is 0.132 e. The molecule has 0 aliphatic heterocycles. The zero-order valence-electron chi connectivity index (χ0n) is 9.69. The van der Waals surface area contributed by atoms with Gasteiger partial charge in [0.25, 0.3) is 0 Å². The lowest BCUT2D eigenvalue weighted by molar-refractivity contribution is 0.414. The summed E-state index contributed by atoms with van der Waals surface area (Å²) < 4.78 is 5.12. The summed E-state index contributed by atoms with van der Waals surface area (Å²) in [5, 5.41) is 0.598. The number of aryl methyl sites for hydroxylation is 2. The maximum atomic E-state index is 6.01. The van der Waals surface area contributed by atoms with E-state index in [0.29, 0.717) is 5.15 Å². The fraction of sp³-hybridized carbons (Fsp3) is 0.214. The first-order valence-corrected chi connectivity index (χ1v) is 5.89. The Balaban J connectivity index is 2.00. The predicted molar refractivity (Wildman–Crippen MR) is 69.6 cm³/mol. The van der Waals surface area contributed by atoms with Crippen LogP contribution < -0.4 is 4.74 Å². The number of rotatable bonds is 4. The Hall–Kier alpha value is -1.54. The zero-order chi connectivity index (χ0) is 12.1. The van der Waals surface area contributed by atoms with Gasteiger partial charge in [-0.05, 0) is 42.2 Å².